The van der Waals surface area contributed by atoms with Crippen LogP contribution in [0.5, 0.6) is 0 Å². The van der Waals surface area contributed by atoms with Crippen LogP contribution >= 0.6 is 23.3 Å². The number of rotatable bonds is 8. The molecule has 188 valence electrons. The molecular weight excluding hydrogens is 541 g/mol. The lowest BCUT2D eigenvalue weighted by Crippen LogP contribution is -2.13. The first-order valence-electron chi connectivity index (χ1n) is 11.2. The molecular formula is C27H18N4O4S3. The summed E-state index contributed by atoms with van der Waals surface area (Å²) in [6, 6.07) is 27.9. The molecule has 0 spiro atoms. The molecule has 0 bridgehead atoms. The third kappa shape index (κ3) is 5.84. The molecule has 5 rings (SSSR count). The number of hydrogen-bond donors (Lipinski definition) is 1. The zero-order valence-electron chi connectivity index (χ0n) is 19.6. The number of fused-ring (bicyclic) bond motifs is 1. The highest BCUT2D eigenvalue weighted by molar-refractivity contribution is 7.99. The summed E-state index contributed by atoms with van der Waals surface area (Å²) in [7, 11) is -3.80. The van der Waals surface area contributed by atoms with Crippen molar-refractivity contribution in [2.24, 2.45) is 0 Å². The van der Waals surface area contributed by atoms with Gasteiger partial charge in [-0.1, -0.05) is 78.5 Å². The third-order valence-electron chi connectivity index (χ3n) is 5.32. The van der Waals surface area contributed by atoms with Crippen LogP contribution in [0.2, 0.25) is 0 Å². The Hall–Kier alpha value is -4.24. The van der Waals surface area contributed by atoms with Crippen molar-refractivity contribution in [3.8, 4) is 6.07 Å². The van der Waals surface area contributed by atoms with Gasteiger partial charge in [0, 0.05) is 22.5 Å². The topological polar surface area (TPSA) is 126 Å². The first kappa shape index (κ1) is 25.4. The molecule has 0 radical (unpaired) electrons. The smallest absolute Gasteiger partial charge is 0.268 e. The van der Waals surface area contributed by atoms with Crippen molar-refractivity contribution in [3.05, 3.63) is 102 Å². The molecule has 0 atom stereocenters. The second kappa shape index (κ2) is 11.0. The Kier molecular flexibility index (Phi) is 7.37. The van der Waals surface area contributed by atoms with Crippen LogP contribution < -0.4 is 5.32 Å². The SMILES string of the molecule is N#CC(=Cc1ccc(Sc2cccc3ccccc23)o1)C(=O)Nc1nc(S(=O)(=O)Cc2ccccc2)ns1. The maximum Gasteiger partial charge on any atom is 0.268 e. The molecule has 0 aliphatic carbocycles. The lowest BCUT2D eigenvalue weighted by Gasteiger charge is -2.04. The average Bonchev–Trinajstić information content (AvgIpc) is 3.58. The van der Waals surface area contributed by atoms with Crippen LogP contribution in [0.15, 0.2) is 110 Å². The Morgan fingerprint density at radius 1 is 1.03 bits per heavy atom. The monoisotopic (exact) mass is 558 g/mol. The molecule has 38 heavy (non-hydrogen) atoms. The van der Waals surface area contributed by atoms with E-state index < -0.39 is 15.7 Å². The van der Waals surface area contributed by atoms with Gasteiger partial charge in [-0.3, -0.25) is 10.1 Å². The van der Waals surface area contributed by atoms with Crippen LogP contribution in [0.25, 0.3) is 16.8 Å². The minimum absolute atomic E-state index is 0.0329. The fourth-order valence-electron chi connectivity index (χ4n) is 3.56. The number of sulfone groups is 1. The van der Waals surface area contributed by atoms with Gasteiger partial charge in [0.1, 0.15) is 17.4 Å². The number of furan rings is 1. The Morgan fingerprint density at radius 3 is 2.61 bits per heavy atom. The normalized spacial score (nSPS) is 11.8. The number of benzene rings is 3. The molecule has 0 unspecified atom stereocenters. The summed E-state index contributed by atoms with van der Waals surface area (Å²) < 4.78 is 35.0. The highest BCUT2D eigenvalue weighted by atomic mass is 32.2. The largest absolute Gasteiger partial charge is 0.450 e. The van der Waals surface area contributed by atoms with Crippen LogP contribution in [0.1, 0.15) is 11.3 Å². The van der Waals surface area contributed by atoms with Crippen molar-refractivity contribution < 1.29 is 17.6 Å². The van der Waals surface area contributed by atoms with Crippen LogP contribution in [0.4, 0.5) is 5.13 Å². The molecule has 1 N–H and O–H groups in total. The second-order valence-corrected chi connectivity index (χ2v) is 11.7. The zero-order chi connectivity index (χ0) is 26.5. The fourth-order valence-corrected chi connectivity index (χ4v) is 6.58. The van der Waals surface area contributed by atoms with Crippen LogP contribution in [-0.2, 0) is 20.4 Å². The molecule has 1 amide bonds. The van der Waals surface area contributed by atoms with E-state index in [0.717, 1.165) is 27.2 Å². The minimum atomic E-state index is -3.80. The number of nitriles is 1. The van der Waals surface area contributed by atoms with Crippen molar-refractivity contribution in [2.75, 3.05) is 5.32 Å². The third-order valence-corrected chi connectivity index (χ3v) is 8.51. The van der Waals surface area contributed by atoms with Gasteiger partial charge >= 0.3 is 0 Å². The summed E-state index contributed by atoms with van der Waals surface area (Å²) in [6.45, 7) is 0. The quantitative estimate of drug-likeness (QED) is 0.183. The molecule has 0 fully saturated rings. The van der Waals surface area contributed by atoms with Gasteiger partial charge in [0.05, 0.1) is 5.75 Å². The number of anilines is 1. The molecule has 0 saturated heterocycles. The van der Waals surface area contributed by atoms with E-state index in [4.69, 9.17) is 4.42 Å². The van der Waals surface area contributed by atoms with Crippen molar-refractivity contribution in [1.82, 2.24) is 9.36 Å². The number of hydrogen-bond acceptors (Lipinski definition) is 9. The Morgan fingerprint density at radius 2 is 1.79 bits per heavy atom. The van der Waals surface area contributed by atoms with Gasteiger partial charge in [-0.05, 0) is 34.5 Å². The van der Waals surface area contributed by atoms with Gasteiger partial charge in [0.15, 0.2) is 5.09 Å². The van der Waals surface area contributed by atoms with E-state index in [1.54, 1.807) is 42.5 Å². The molecule has 5 aromatic rings. The summed E-state index contributed by atoms with van der Waals surface area (Å²) in [4.78, 5) is 17.6. The molecule has 0 aliphatic heterocycles. The fraction of sp³-hybridized carbons (Fsp3) is 0.0370. The number of amides is 1. The summed E-state index contributed by atoms with van der Waals surface area (Å²) in [5.74, 6) is -0.697. The first-order valence-corrected chi connectivity index (χ1v) is 14.4. The summed E-state index contributed by atoms with van der Waals surface area (Å²) >= 11 is 2.16. The van der Waals surface area contributed by atoms with Crippen LogP contribution in [0.3, 0.4) is 0 Å². The van der Waals surface area contributed by atoms with E-state index in [2.05, 4.69) is 14.7 Å². The van der Waals surface area contributed by atoms with E-state index in [-0.39, 0.29) is 21.6 Å². The maximum atomic E-state index is 12.7. The van der Waals surface area contributed by atoms with E-state index >= 15 is 0 Å². The molecule has 2 heterocycles. The molecule has 0 aliphatic rings. The Bertz CT molecular complexity index is 1800. The molecule has 8 nitrogen and oxygen atoms in total. The van der Waals surface area contributed by atoms with Gasteiger partial charge in [0.25, 0.3) is 11.1 Å². The van der Waals surface area contributed by atoms with Crippen LogP contribution in [0, 0.1) is 11.3 Å². The van der Waals surface area contributed by atoms with Gasteiger partial charge in [-0.25, -0.2) is 8.42 Å². The van der Waals surface area contributed by atoms with Crippen molar-refractivity contribution in [3.63, 3.8) is 0 Å². The molecule has 3 aromatic carbocycles. The second-order valence-electron chi connectivity index (χ2n) is 7.99. The minimum Gasteiger partial charge on any atom is -0.450 e. The van der Waals surface area contributed by atoms with Crippen molar-refractivity contribution >= 4 is 61.0 Å². The molecule has 2 aromatic heterocycles. The number of aromatic nitrogens is 2. The van der Waals surface area contributed by atoms with E-state index in [9.17, 15) is 18.5 Å². The predicted molar refractivity (Wildman–Crippen MR) is 146 cm³/mol. The van der Waals surface area contributed by atoms with Gasteiger partial charge in [0.2, 0.25) is 15.0 Å². The Labute approximate surface area is 226 Å². The highest BCUT2D eigenvalue weighted by Crippen LogP contribution is 2.34. The van der Waals surface area contributed by atoms with Crippen LogP contribution in [-0.4, -0.2) is 23.7 Å². The Balaban J connectivity index is 1.28. The molecule has 0 saturated carbocycles. The molecule has 11 heteroatoms. The maximum absolute atomic E-state index is 12.7. The predicted octanol–water partition coefficient (Wildman–Crippen LogP) is 5.96. The lowest BCUT2D eigenvalue weighted by molar-refractivity contribution is -0.112. The van der Waals surface area contributed by atoms with Gasteiger partial charge in [-0.2, -0.15) is 14.6 Å². The highest BCUT2D eigenvalue weighted by Gasteiger charge is 2.22. The first-order chi connectivity index (χ1) is 18.4. The number of nitrogens with one attached hydrogen (secondary N) is 1. The van der Waals surface area contributed by atoms with E-state index in [1.165, 1.54) is 17.8 Å². The lowest BCUT2D eigenvalue weighted by atomic mass is 10.1. The average molecular weight is 559 g/mol. The number of carbonyl (C=O) groups is 1. The van der Waals surface area contributed by atoms with E-state index in [1.807, 2.05) is 48.5 Å². The van der Waals surface area contributed by atoms with Gasteiger partial charge in [-0.15, -0.1) is 0 Å². The number of carbonyl (C=O) groups excluding carboxylic acids is 1. The van der Waals surface area contributed by atoms with Gasteiger partial charge < -0.3 is 4.42 Å². The van der Waals surface area contributed by atoms with E-state index in [0.29, 0.717) is 16.4 Å². The summed E-state index contributed by atoms with van der Waals surface area (Å²) in [5.41, 5.74) is 0.365. The van der Waals surface area contributed by atoms with Crippen molar-refractivity contribution in [1.29, 1.82) is 5.26 Å². The standard InChI is InChI=1S/C27H18N4O4S3/c28-16-20(15-21-13-14-24(35-21)36-23-12-6-10-19-9-4-5-11-22(19)23)25(32)29-26-30-27(31-37-26)38(33,34)17-18-7-2-1-3-8-18/h1-15H,17H2,(H,29,30,31,32). The number of nitrogens with zero attached hydrogens (tertiary/aromatic N) is 3. The zero-order valence-corrected chi connectivity index (χ0v) is 22.0. The summed E-state index contributed by atoms with van der Waals surface area (Å²) in [5, 5.41) is 14.4. The van der Waals surface area contributed by atoms with Crippen molar-refractivity contribution in [2.45, 2.75) is 20.9 Å². The summed E-state index contributed by atoms with van der Waals surface area (Å²) in [6.07, 6.45) is 1.32.